The summed E-state index contributed by atoms with van der Waals surface area (Å²) in [6, 6.07) is 8.56. The van der Waals surface area contributed by atoms with E-state index in [1.165, 1.54) is 5.69 Å². The van der Waals surface area contributed by atoms with Gasteiger partial charge in [-0.05, 0) is 76.8 Å². The molecular weight excluding hydrogens is 366 g/mol. The number of rotatable bonds is 8. The van der Waals surface area contributed by atoms with Crippen molar-refractivity contribution in [3.63, 3.8) is 0 Å². The SMILES string of the molecule is CC(C)OCCCNC1CCN(c2ccc(C(=O)N3CCC[C@@H](O)C3)cc2)CC1. The third-order valence-electron chi connectivity index (χ3n) is 5.86. The smallest absolute Gasteiger partial charge is 0.253 e. The molecule has 162 valence electrons. The largest absolute Gasteiger partial charge is 0.391 e. The maximum atomic E-state index is 12.6. The Balaban J connectivity index is 1.41. The molecule has 0 radical (unpaired) electrons. The van der Waals surface area contributed by atoms with Crippen LogP contribution in [0.5, 0.6) is 0 Å². The number of hydrogen-bond donors (Lipinski definition) is 2. The van der Waals surface area contributed by atoms with Crippen LogP contribution in [0.4, 0.5) is 5.69 Å². The van der Waals surface area contributed by atoms with Gasteiger partial charge in [-0.2, -0.15) is 0 Å². The van der Waals surface area contributed by atoms with Crippen LogP contribution in [-0.2, 0) is 4.74 Å². The number of nitrogens with zero attached hydrogens (tertiary/aromatic N) is 2. The summed E-state index contributed by atoms with van der Waals surface area (Å²) >= 11 is 0. The first-order chi connectivity index (χ1) is 14.0. The molecule has 1 aromatic rings. The number of carbonyl (C=O) groups is 1. The minimum Gasteiger partial charge on any atom is -0.391 e. The van der Waals surface area contributed by atoms with E-state index in [9.17, 15) is 9.90 Å². The van der Waals surface area contributed by atoms with E-state index in [-0.39, 0.29) is 12.0 Å². The molecule has 29 heavy (non-hydrogen) atoms. The fraction of sp³-hybridized carbons (Fsp3) is 0.696. The minimum atomic E-state index is -0.385. The van der Waals surface area contributed by atoms with Gasteiger partial charge in [-0.3, -0.25) is 4.79 Å². The number of ether oxygens (including phenoxy) is 1. The molecule has 0 unspecified atom stereocenters. The maximum absolute atomic E-state index is 12.6. The van der Waals surface area contributed by atoms with Crippen molar-refractivity contribution in [3.05, 3.63) is 29.8 Å². The number of piperidine rings is 2. The van der Waals surface area contributed by atoms with Crippen molar-refractivity contribution >= 4 is 11.6 Å². The number of aliphatic hydroxyl groups excluding tert-OH is 1. The molecule has 0 aliphatic carbocycles. The van der Waals surface area contributed by atoms with E-state index >= 15 is 0 Å². The maximum Gasteiger partial charge on any atom is 0.253 e. The van der Waals surface area contributed by atoms with Gasteiger partial charge in [0.15, 0.2) is 0 Å². The molecule has 2 aliphatic heterocycles. The Morgan fingerprint density at radius 2 is 1.90 bits per heavy atom. The molecule has 0 spiro atoms. The van der Waals surface area contributed by atoms with E-state index in [4.69, 9.17) is 4.74 Å². The Kier molecular flexibility index (Phi) is 8.33. The Morgan fingerprint density at radius 3 is 2.55 bits per heavy atom. The second-order valence-corrected chi connectivity index (χ2v) is 8.58. The number of hydrogen-bond acceptors (Lipinski definition) is 5. The van der Waals surface area contributed by atoms with Crippen molar-refractivity contribution < 1.29 is 14.6 Å². The van der Waals surface area contributed by atoms with Gasteiger partial charge in [0.2, 0.25) is 0 Å². The van der Waals surface area contributed by atoms with Crippen LogP contribution in [-0.4, -0.2) is 73.5 Å². The summed E-state index contributed by atoms with van der Waals surface area (Å²) in [5.74, 6) is 0.0275. The minimum absolute atomic E-state index is 0.0275. The van der Waals surface area contributed by atoms with Crippen LogP contribution in [0, 0.1) is 0 Å². The lowest BCUT2D eigenvalue weighted by Crippen LogP contribution is -2.43. The fourth-order valence-electron chi connectivity index (χ4n) is 4.18. The van der Waals surface area contributed by atoms with Crippen molar-refractivity contribution in [1.82, 2.24) is 10.2 Å². The molecule has 2 N–H and O–H groups in total. The summed E-state index contributed by atoms with van der Waals surface area (Å²) in [7, 11) is 0. The molecule has 0 saturated carbocycles. The van der Waals surface area contributed by atoms with Gasteiger partial charge in [0.25, 0.3) is 5.91 Å². The van der Waals surface area contributed by atoms with Gasteiger partial charge in [0, 0.05) is 50.1 Å². The van der Waals surface area contributed by atoms with Gasteiger partial charge in [-0.15, -0.1) is 0 Å². The van der Waals surface area contributed by atoms with Gasteiger partial charge in [0.05, 0.1) is 12.2 Å². The summed E-state index contributed by atoms with van der Waals surface area (Å²) < 4.78 is 5.59. The Hall–Kier alpha value is -1.63. The van der Waals surface area contributed by atoms with E-state index in [0.717, 1.165) is 64.9 Å². The van der Waals surface area contributed by atoms with Crippen molar-refractivity contribution in [2.75, 3.05) is 44.2 Å². The second-order valence-electron chi connectivity index (χ2n) is 8.58. The Bertz CT molecular complexity index is 627. The number of aliphatic hydroxyl groups is 1. The van der Waals surface area contributed by atoms with Crippen LogP contribution in [0.25, 0.3) is 0 Å². The average molecular weight is 404 g/mol. The van der Waals surface area contributed by atoms with E-state index in [1.54, 1.807) is 4.90 Å². The molecule has 2 fully saturated rings. The lowest BCUT2D eigenvalue weighted by Gasteiger charge is -2.34. The molecule has 0 bridgehead atoms. The number of likely N-dealkylation sites (tertiary alicyclic amines) is 1. The first-order valence-corrected chi connectivity index (χ1v) is 11.2. The number of carbonyl (C=O) groups excluding carboxylic acids is 1. The fourth-order valence-corrected chi connectivity index (χ4v) is 4.18. The van der Waals surface area contributed by atoms with Crippen LogP contribution >= 0.6 is 0 Å². The normalized spacial score (nSPS) is 21.0. The third-order valence-corrected chi connectivity index (χ3v) is 5.86. The van der Waals surface area contributed by atoms with Crippen LogP contribution in [0.2, 0.25) is 0 Å². The van der Waals surface area contributed by atoms with E-state index < -0.39 is 0 Å². The first kappa shape index (κ1) is 22.1. The van der Waals surface area contributed by atoms with Crippen molar-refractivity contribution in [2.45, 2.75) is 64.2 Å². The number of nitrogens with one attached hydrogen (secondary N) is 1. The third kappa shape index (κ3) is 6.69. The van der Waals surface area contributed by atoms with Crippen LogP contribution in [0.15, 0.2) is 24.3 Å². The van der Waals surface area contributed by atoms with Crippen LogP contribution in [0.3, 0.4) is 0 Å². The van der Waals surface area contributed by atoms with E-state index in [1.807, 2.05) is 12.1 Å². The van der Waals surface area contributed by atoms with Crippen LogP contribution < -0.4 is 10.2 Å². The molecule has 2 heterocycles. The molecule has 1 aromatic carbocycles. The quantitative estimate of drug-likeness (QED) is 0.654. The predicted octanol–water partition coefficient (Wildman–Crippen LogP) is 2.66. The molecule has 2 aliphatic rings. The average Bonchev–Trinajstić information content (AvgIpc) is 2.73. The standard InChI is InChI=1S/C23H37N3O3/c1-18(2)29-16-4-12-24-20-10-14-25(15-11-20)21-8-6-19(7-9-21)23(28)26-13-3-5-22(27)17-26/h6-9,18,20,22,24,27H,3-5,10-17H2,1-2H3/t22-/m1/s1. The molecule has 0 aromatic heterocycles. The van der Waals surface area contributed by atoms with Gasteiger partial charge in [0.1, 0.15) is 0 Å². The topological polar surface area (TPSA) is 65.0 Å². The highest BCUT2D eigenvalue weighted by Gasteiger charge is 2.23. The summed E-state index contributed by atoms with van der Waals surface area (Å²) in [5, 5.41) is 13.5. The molecular formula is C23H37N3O3. The zero-order chi connectivity index (χ0) is 20.6. The summed E-state index contributed by atoms with van der Waals surface area (Å²) in [6.45, 7) is 9.24. The lowest BCUT2D eigenvalue weighted by molar-refractivity contribution is 0.0474. The number of amides is 1. The zero-order valence-electron chi connectivity index (χ0n) is 18.0. The highest BCUT2D eigenvalue weighted by molar-refractivity contribution is 5.94. The van der Waals surface area contributed by atoms with E-state index in [2.05, 4.69) is 36.2 Å². The number of benzene rings is 1. The highest BCUT2D eigenvalue weighted by Crippen LogP contribution is 2.22. The summed E-state index contributed by atoms with van der Waals surface area (Å²) in [5.41, 5.74) is 1.90. The van der Waals surface area contributed by atoms with Crippen molar-refractivity contribution in [1.29, 1.82) is 0 Å². The second kappa shape index (κ2) is 11.0. The van der Waals surface area contributed by atoms with Gasteiger partial charge < -0.3 is 25.0 Å². The van der Waals surface area contributed by atoms with E-state index in [0.29, 0.717) is 24.3 Å². The van der Waals surface area contributed by atoms with Crippen LogP contribution in [0.1, 0.15) is 56.3 Å². The summed E-state index contributed by atoms with van der Waals surface area (Å²) in [6.07, 6.45) is 4.92. The van der Waals surface area contributed by atoms with Gasteiger partial charge in [-0.25, -0.2) is 0 Å². The zero-order valence-corrected chi connectivity index (χ0v) is 18.0. The Labute approximate surface area is 175 Å². The number of anilines is 1. The number of β-amino-alcohol motifs (C(OH)–C–C–N with tert-alkyl or cyclic N) is 1. The van der Waals surface area contributed by atoms with Gasteiger partial charge in [-0.1, -0.05) is 0 Å². The first-order valence-electron chi connectivity index (χ1n) is 11.2. The highest BCUT2D eigenvalue weighted by atomic mass is 16.5. The Morgan fingerprint density at radius 1 is 1.17 bits per heavy atom. The molecule has 6 nitrogen and oxygen atoms in total. The molecule has 1 amide bonds. The monoisotopic (exact) mass is 403 g/mol. The summed E-state index contributed by atoms with van der Waals surface area (Å²) in [4.78, 5) is 16.8. The molecule has 3 rings (SSSR count). The molecule has 6 heteroatoms. The van der Waals surface area contributed by atoms with Crippen molar-refractivity contribution in [3.8, 4) is 0 Å². The van der Waals surface area contributed by atoms with Crippen molar-refractivity contribution in [2.24, 2.45) is 0 Å². The predicted molar refractivity (Wildman–Crippen MR) is 117 cm³/mol. The van der Waals surface area contributed by atoms with Gasteiger partial charge >= 0.3 is 0 Å². The molecule has 1 atom stereocenters. The molecule has 2 saturated heterocycles. The lowest BCUT2D eigenvalue weighted by atomic mass is 10.0.